The van der Waals surface area contributed by atoms with Gasteiger partial charge in [0.05, 0.1) is 0 Å². The summed E-state index contributed by atoms with van der Waals surface area (Å²) in [6, 6.07) is 0. The van der Waals surface area contributed by atoms with Gasteiger partial charge in [-0.3, -0.25) is 0 Å². The Morgan fingerprint density at radius 1 is 2.00 bits per heavy atom. The molecule has 3 heteroatoms. The minimum atomic E-state index is -0.711. The van der Waals surface area contributed by atoms with Crippen LogP contribution >= 0.6 is 8.32 Å². The summed E-state index contributed by atoms with van der Waals surface area (Å²) >= 11 is -0.711. The molecule has 0 saturated heterocycles. The zero-order chi connectivity index (χ0) is 3.41. The van der Waals surface area contributed by atoms with Gasteiger partial charge in [-0.1, -0.05) is 0 Å². The second-order valence-electron chi connectivity index (χ2n) is 0.344. The monoisotopic (exact) mass is 273 g/mol. The molecular weight excluding hydrogens is 269 g/mol. The van der Waals surface area contributed by atoms with Crippen molar-refractivity contribution in [3.8, 4) is 0 Å². The zero-order valence-corrected chi connectivity index (χ0v) is 7.02. The molecule has 0 bridgehead atoms. The van der Waals surface area contributed by atoms with Gasteiger partial charge in [0.25, 0.3) is 0 Å². The van der Waals surface area contributed by atoms with Crippen LogP contribution in [0.15, 0.2) is 0 Å². The summed E-state index contributed by atoms with van der Waals surface area (Å²) in [6.07, 6.45) is 0. The quantitative estimate of drug-likeness (QED) is 0.662. The molecule has 0 rings (SSSR count). The van der Waals surface area contributed by atoms with Crippen molar-refractivity contribution in [1.29, 1.82) is 0 Å². The first kappa shape index (κ1) is 5.17. The standard InChI is InChI=1S/CH4N.ClH.Pb/c1-2;;/h2H,1H3;1H;/q-1;;+2/p-1. The fourth-order valence-electron chi connectivity index (χ4n) is 0. The Balaban J connectivity index is 1.97. The van der Waals surface area contributed by atoms with Gasteiger partial charge in [-0.25, -0.2) is 0 Å². The Bertz CT molecular complexity index is 10.0. The van der Waals surface area contributed by atoms with Crippen molar-refractivity contribution in [1.82, 2.24) is 3.13 Å². The molecule has 0 fully saturated rings. The summed E-state index contributed by atoms with van der Waals surface area (Å²) in [5.74, 6) is 0. The van der Waals surface area contributed by atoms with E-state index < -0.39 is 23.3 Å². The van der Waals surface area contributed by atoms with Gasteiger partial charge in [0, 0.05) is 0 Å². The van der Waals surface area contributed by atoms with Gasteiger partial charge in [0.1, 0.15) is 0 Å². The molecular formula is CH4ClNPb. The molecule has 0 atom stereocenters. The Morgan fingerprint density at radius 2 is 2.25 bits per heavy atom. The Morgan fingerprint density at radius 3 is 2.25 bits per heavy atom. The van der Waals surface area contributed by atoms with Crippen LogP contribution in [-0.2, 0) is 0 Å². The van der Waals surface area contributed by atoms with Crippen LogP contribution in [0.1, 0.15) is 0 Å². The molecule has 2 radical (unpaired) electrons. The molecule has 0 unspecified atom stereocenters. The third-order valence-corrected chi connectivity index (χ3v) is 2.49. The van der Waals surface area contributed by atoms with Gasteiger partial charge in [-0.2, -0.15) is 0 Å². The summed E-state index contributed by atoms with van der Waals surface area (Å²) in [5, 5.41) is 0. The van der Waals surface area contributed by atoms with E-state index in [-0.39, 0.29) is 0 Å². The third kappa shape index (κ3) is 3.17. The fraction of sp³-hybridized carbons (Fsp3) is 1.00. The van der Waals surface area contributed by atoms with E-state index in [1.54, 1.807) is 0 Å². The molecule has 0 spiro atoms. The molecule has 0 aromatic heterocycles. The molecule has 0 aliphatic carbocycles. The van der Waals surface area contributed by atoms with Crippen molar-refractivity contribution in [2.24, 2.45) is 0 Å². The van der Waals surface area contributed by atoms with Crippen LogP contribution in [0.2, 0.25) is 0 Å². The molecule has 24 valence electrons. The van der Waals surface area contributed by atoms with Crippen molar-refractivity contribution in [3.63, 3.8) is 0 Å². The van der Waals surface area contributed by atoms with Gasteiger partial charge in [-0.05, 0) is 0 Å². The van der Waals surface area contributed by atoms with Crippen LogP contribution in [0.25, 0.3) is 0 Å². The van der Waals surface area contributed by atoms with Crippen LogP contribution in [0, 0.1) is 0 Å². The molecule has 0 aliphatic heterocycles. The fourth-order valence-corrected chi connectivity index (χ4v) is 0. The topological polar surface area (TPSA) is 12.0 Å². The molecule has 1 N–H and O–H groups in total. The van der Waals surface area contributed by atoms with Crippen LogP contribution in [0.3, 0.4) is 0 Å². The number of hydrogen-bond donors (Lipinski definition) is 1. The van der Waals surface area contributed by atoms with Gasteiger partial charge >= 0.3 is 41.8 Å². The van der Waals surface area contributed by atoms with E-state index in [1.165, 1.54) is 0 Å². The van der Waals surface area contributed by atoms with Crippen molar-refractivity contribution in [2.75, 3.05) is 7.05 Å². The van der Waals surface area contributed by atoms with Crippen LogP contribution in [-0.4, -0.2) is 30.4 Å². The van der Waals surface area contributed by atoms with Crippen LogP contribution in [0.5, 0.6) is 0 Å². The van der Waals surface area contributed by atoms with Crippen molar-refractivity contribution in [2.45, 2.75) is 0 Å². The van der Waals surface area contributed by atoms with Gasteiger partial charge in [0.15, 0.2) is 0 Å². The molecule has 0 saturated carbocycles. The van der Waals surface area contributed by atoms with E-state index in [4.69, 9.17) is 8.32 Å². The maximum absolute atomic E-state index is 5.27. The first-order valence-electron chi connectivity index (χ1n) is 0.939. The van der Waals surface area contributed by atoms with E-state index in [0.717, 1.165) is 0 Å². The number of hydrogen-bond acceptors (Lipinski definition) is 1. The van der Waals surface area contributed by atoms with E-state index in [9.17, 15) is 0 Å². The van der Waals surface area contributed by atoms with E-state index in [0.29, 0.717) is 0 Å². The normalized spacial score (nSPS) is 7.50. The number of nitrogens with one attached hydrogen (secondary N) is 1. The molecule has 1 nitrogen and oxygen atoms in total. The zero-order valence-electron chi connectivity index (χ0n) is 2.38. The second-order valence-corrected chi connectivity index (χ2v) is 4.68. The summed E-state index contributed by atoms with van der Waals surface area (Å²) in [4.78, 5) is 0. The summed E-state index contributed by atoms with van der Waals surface area (Å²) in [6.45, 7) is 0. The first-order chi connectivity index (χ1) is 1.91. The van der Waals surface area contributed by atoms with Crippen LogP contribution < -0.4 is 3.13 Å². The van der Waals surface area contributed by atoms with Crippen molar-refractivity contribution < 1.29 is 0 Å². The molecule has 0 heterocycles. The van der Waals surface area contributed by atoms with E-state index >= 15 is 0 Å². The predicted molar refractivity (Wildman–Crippen MR) is 20.7 cm³/mol. The first-order valence-corrected chi connectivity index (χ1v) is 7.67. The second kappa shape index (κ2) is 4.17. The molecule has 4 heavy (non-hydrogen) atoms. The van der Waals surface area contributed by atoms with E-state index in [1.807, 2.05) is 7.05 Å². The number of halogens is 1. The van der Waals surface area contributed by atoms with Gasteiger partial charge < -0.3 is 0 Å². The maximum atomic E-state index is 5.27. The van der Waals surface area contributed by atoms with Gasteiger partial charge in [0.2, 0.25) is 0 Å². The Hall–Kier alpha value is 1.17. The summed E-state index contributed by atoms with van der Waals surface area (Å²) < 4.78 is 2.89. The molecule has 0 amide bonds. The molecule has 0 aliphatic rings. The van der Waals surface area contributed by atoms with Gasteiger partial charge in [-0.15, -0.1) is 0 Å². The predicted octanol–water partition coefficient (Wildman–Crippen LogP) is -0.0212. The van der Waals surface area contributed by atoms with Crippen LogP contribution in [0.4, 0.5) is 0 Å². The van der Waals surface area contributed by atoms with Crippen molar-refractivity contribution >= 4 is 31.6 Å². The summed E-state index contributed by atoms with van der Waals surface area (Å²) in [5.41, 5.74) is 0. The number of rotatable bonds is 1. The SMILES string of the molecule is C[NH][Pb][Cl]. The molecule has 0 aromatic carbocycles. The molecule has 0 aromatic rings. The average molecular weight is 273 g/mol. The minimum absolute atomic E-state index is 0.711. The summed E-state index contributed by atoms with van der Waals surface area (Å²) in [7, 11) is 7.15. The van der Waals surface area contributed by atoms with Crippen molar-refractivity contribution in [3.05, 3.63) is 0 Å². The Labute approximate surface area is 41.8 Å². The average Bonchev–Trinajstić information content (AvgIpc) is 1.37. The van der Waals surface area contributed by atoms with E-state index in [2.05, 4.69) is 3.13 Å². The third-order valence-electron chi connectivity index (χ3n) is 0.0945. The Kier molecular flexibility index (Phi) is 5.39.